The Morgan fingerprint density at radius 3 is 2.32 bits per heavy atom. The van der Waals surface area contributed by atoms with Gasteiger partial charge < -0.3 is 19.9 Å². The Kier molecular flexibility index (Phi) is 6.75. The molecule has 0 fully saturated rings. The minimum atomic E-state index is -5.22. The summed E-state index contributed by atoms with van der Waals surface area (Å²) < 4.78 is 71.9. The Morgan fingerprint density at radius 1 is 1.15 bits per heavy atom. The molecule has 0 aliphatic heterocycles. The first-order valence-electron chi connectivity index (χ1n) is 9.64. The van der Waals surface area contributed by atoms with Gasteiger partial charge in [-0.1, -0.05) is 29.8 Å². The van der Waals surface area contributed by atoms with Crippen molar-refractivity contribution in [3.8, 4) is 5.75 Å². The summed E-state index contributed by atoms with van der Waals surface area (Å²) in [6.45, 7) is 1.87. The summed E-state index contributed by atoms with van der Waals surface area (Å²) in [5.41, 5.74) is -4.25. The molecule has 182 valence electrons. The highest BCUT2D eigenvalue weighted by atomic mass is 35.5. The largest absolute Gasteiger partial charge is 0.507 e. The van der Waals surface area contributed by atoms with Crippen LogP contribution in [0.5, 0.6) is 5.75 Å². The predicted molar refractivity (Wildman–Crippen MR) is 115 cm³/mol. The number of furan rings is 1. The molecule has 1 heterocycles. The lowest BCUT2D eigenvalue weighted by molar-refractivity contribution is -0.263. The number of alkyl halides is 3. The molecule has 0 saturated heterocycles. The number of hydrogen-bond donors (Lipinski definition) is 3. The third-order valence-corrected chi connectivity index (χ3v) is 7.46. The van der Waals surface area contributed by atoms with Gasteiger partial charge in [0.15, 0.2) is 5.60 Å². The van der Waals surface area contributed by atoms with Gasteiger partial charge in [0, 0.05) is 5.02 Å². The Morgan fingerprint density at radius 2 is 1.79 bits per heavy atom. The van der Waals surface area contributed by atoms with E-state index in [1.54, 1.807) is 0 Å². The molecule has 0 bridgehead atoms. The zero-order valence-electron chi connectivity index (χ0n) is 17.7. The number of phenolic OH excluding ortho intramolecular Hbond substituents is 1. The van der Waals surface area contributed by atoms with Crippen LogP contribution in [0.1, 0.15) is 34.6 Å². The standard InChI is InChI=1S/C22H19ClF3NO6S/c1-12-18(9-10-33-12)34(31,32)13-7-8-14(16(23)11-13)19(21(2,30)22(24,25)26)27-20(29)15-5-3-4-6-17(15)28/h3-11,19,28,30H,1-2H3,(H,27,29). The van der Waals surface area contributed by atoms with Crippen LogP contribution in [-0.4, -0.2) is 36.3 Å². The number of hydrogen-bond acceptors (Lipinski definition) is 6. The van der Waals surface area contributed by atoms with Gasteiger partial charge in [0.25, 0.3) is 5.91 Å². The van der Waals surface area contributed by atoms with Crippen molar-refractivity contribution >= 4 is 27.3 Å². The molecule has 3 rings (SSSR count). The Bertz CT molecular complexity index is 1330. The van der Waals surface area contributed by atoms with E-state index in [9.17, 15) is 36.6 Å². The number of sulfone groups is 1. The molecule has 3 N–H and O–H groups in total. The maximum Gasteiger partial charge on any atom is 0.419 e. The Hall–Kier alpha value is -3.02. The van der Waals surface area contributed by atoms with E-state index in [1.165, 1.54) is 37.5 Å². The summed E-state index contributed by atoms with van der Waals surface area (Å²) in [5, 5.41) is 21.9. The number of aliphatic hydroxyl groups is 1. The van der Waals surface area contributed by atoms with Gasteiger partial charge in [-0.05, 0) is 49.7 Å². The maximum absolute atomic E-state index is 13.7. The average Bonchev–Trinajstić information content (AvgIpc) is 3.18. The van der Waals surface area contributed by atoms with E-state index < -0.39 is 49.9 Å². The fraction of sp³-hybridized carbons (Fsp3) is 0.227. The second-order valence-corrected chi connectivity index (χ2v) is 9.92. The number of amides is 1. The van der Waals surface area contributed by atoms with Gasteiger partial charge >= 0.3 is 6.18 Å². The van der Waals surface area contributed by atoms with Gasteiger partial charge in [0.1, 0.15) is 16.4 Å². The lowest BCUT2D eigenvalue weighted by Gasteiger charge is -2.35. The first-order valence-corrected chi connectivity index (χ1v) is 11.5. The zero-order chi connectivity index (χ0) is 25.5. The molecule has 3 aromatic rings. The summed E-state index contributed by atoms with van der Waals surface area (Å²) in [5.74, 6) is -1.50. The number of carbonyl (C=O) groups excluding carboxylic acids is 1. The van der Waals surface area contributed by atoms with E-state index in [1.807, 2.05) is 0 Å². The number of aryl methyl sites for hydroxylation is 1. The second-order valence-electron chi connectivity index (χ2n) is 7.60. The summed E-state index contributed by atoms with van der Waals surface area (Å²) in [6, 6.07) is 7.10. The topological polar surface area (TPSA) is 117 Å². The fourth-order valence-electron chi connectivity index (χ4n) is 3.25. The normalized spacial score (nSPS) is 14.9. The van der Waals surface area contributed by atoms with Crippen LogP contribution < -0.4 is 5.32 Å². The summed E-state index contributed by atoms with van der Waals surface area (Å²) >= 11 is 6.18. The quantitative estimate of drug-likeness (QED) is 0.441. The molecular weight excluding hydrogens is 499 g/mol. The van der Waals surface area contributed by atoms with Crippen LogP contribution in [-0.2, 0) is 9.84 Å². The molecule has 2 aromatic carbocycles. The molecular formula is C22H19ClF3NO6S. The minimum absolute atomic E-state index is 0.105. The van der Waals surface area contributed by atoms with Gasteiger partial charge in [-0.15, -0.1) is 0 Å². The fourth-order valence-corrected chi connectivity index (χ4v) is 5.04. The minimum Gasteiger partial charge on any atom is -0.507 e. The van der Waals surface area contributed by atoms with E-state index in [-0.39, 0.29) is 21.1 Å². The maximum atomic E-state index is 13.7. The van der Waals surface area contributed by atoms with Crippen molar-refractivity contribution < 1.29 is 41.0 Å². The number of phenols is 1. The number of benzene rings is 2. The lowest BCUT2D eigenvalue weighted by Crippen LogP contribution is -2.53. The summed E-state index contributed by atoms with van der Waals surface area (Å²) in [6.07, 6.45) is -4.05. The third-order valence-electron chi connectivity index (χ3n) is 5.25. The molecule has 0 aliphatic rings. The van der Waals surface area contributed by atoms with Crippen LogP contribution in [0.15, 0.2) is 69.0 Å². The van der Waals surface area contributed by atoms with Crippen molar-refractivity contribution in [2.45, 2.75) is 41.5 Å². The smallest absolute Gasteiger partial charge is 0.419 e. The molecule has 0 aliphatic carbocycles. The van der Waals surface area contributed by atoms with E-state index >= 15 is 0 Å². The zero-order valence-corrected chi connectivity index (χ0v) is 19.3. The van der Waals surface area contributed by atoms with E-state index in [0.29, 0.717) is 6.92 Å². The van der Waals surface area contributed by atoms with Crippen molar-refractivity contribution in [1.29, 1.82) is 0 Å². The highest BCUT2D eigenvalue weighted by Crippen LogP contribution is 2.42. The van der Waals surface area contributed by atoms with Crippen LogP contribution in [0.3, 0.4) is 0 Å². The molecule has 1 amide bonds. The third kappa shape index (κ3) is 4.63. The van der Waals surface area contributed by atoms with Gasteiger partial charge in [-0.3, -0.25) is 4.79 Å². The van der Waals surface area contributed by atoms with Crippen LogP contribution in [0, 0.1) is 6.92 Å². The highest BCUT2D eigenvalue weighted by molar-refractivity contribution is 7.91. The number of rotatable bonds is 6. The number of nitrogens with one attached hydrogen (secondary N) is 1. The van der Waals surface area contributed by atoms with Crippen molar-refractivity contribution in [1.82, 2.24) is 5.32 Å². The van der Waals surface area contributed by atoms with Crippen molar-refractivity contribution in [3.63, 3.8) is 0 Å². The van der Waals surface area contributed by atoms with Crippen molar-refractivity contribution in [3.05, 3.63) is 76.7 Å². The van der Waals surface area contributed by atoms with Gasteiger partial charge in [0.2, 0.25) is 9.84 Å². The van der Waals surface area contributed by atoms with Crippen LogP contribution in [0.25, 0.3) is 0 Å². The van der Waals surface area contributed by atoms with Crippen molar-refractivity contribution in [2.24, 2.45) is 0 Å². The molecule has 1 aromatic heterocycles. The summed E-state index contributed by atoms with van der Waals surface area (Å²) in [7, 11) is -4.11. The lowest BCUT2D eigenvalue weighted by atomic mass is 9.89. The molecule has 2 unspecified atom stereocenters. The monoisotopic (exact) mass is 517 g/mol. The Balaban J connectivity index is 2.09. The number of para-hydroxylation sites is 1. The highest BCUT2D eigenvalue weighted by Gasteiger charge is 2.56. The van der Waals surface area contributed by atoms with Crippen LogP contribution >= 0.6 is 11.6 Å². The first-order chi connectivity index (χ1) is 15.7. The molecule has 0 radical (unpaired) electrons. The van der Waals surface area contributed by atoms with E-state index in [4.69, 9.17) is 16.0 Å². The Labute approximate surface area is 197 Å². The number of aromatic hydroxyl groups is 1. The molecule has 0 spiro atoms. The number of halogens is 4. The van der Waals surface area contributed by atoms with Crippen LogP contribution in [0.2, 0.25) is 5.02 Å². The average molecular weight is 518 g/mol. The van der Waals surface area contributed by atoms with Gasteiger partial charge in [-0.25, -0.2) is 8.42 Å². The van der Waals surface area contributed by atoms with Crippen LogP contribution in [0.4, 0.5) is 13.2 Å². The van der Waals surface area contributed by atoms with E-state index in [2.05, 4.69) is 5.32 Å². The molecule has 0 saturated carbocycles. The molecule has 2 atom stereocenters. The van der Waals surface area contributed by atoms with Crippen molar-refractivity contribution in [2.75, 3.05) is 0 Å². The second kappa shape index (κ2) is 8.97. The molecule has 12 heteroatoms. The van der Waals surface area contributed by atoms with Gasteiger partial charge in [0.05, 0.1) is 22.8 Å². The van der Waals surface area contributed by atoms with Gasteiger partial charge in [-0.2, -0.15) is 13.2 Å². The first kappa shape index (κ1) is 25.6. The molecule has 7 nitrogen and oxygen atoms in total. The summed E-state index contributed by atoms with van der Waals surface area (Å²) in [4.78, 5) is 12.2. The molecule has 34 heavy (non-hydrogen) atoms. The SMILES string of the molecule is Cc1occc1S(=O)(=O)c1ccc(C(NC(=O)c2ccccc2O)C(C)(O)C(F)(F)F)c(Cl)c1. The van der Waals surface area contributed by atoms with E-state index in [0.717, 1.165) is 24.3 Å². The predicted octanol–water partition coefficient (Wildman–Crippen LogP) is 4.56. The number of carbonyl (C=O) groups is 1.